The molecule has 1 saturated heterocycles. The van der Waals surface area contributed by atoms with E-state index in [1.807, 2.05) is 46.8 Å². The molecule has 7 heteroatoms. The maximum atomic E-state index is 12.5. The second-order valence-electron chi connectivity index (χ2n) is 8.78. The fraction of sp³-hybridized carbons (Fsp3) is 0.478. The highest BCUT2D eigenvalue weighted by atomic mass is 16.6. The molecule has 1 atom stereocenters. The summed E-state index contributed by atoms with van der Waals surface area (Å²) in [4.78, 5) is 16.4. The number of nitrogens with zero attached hydrogens (tertiary/aromatic N) is 5. The van der Waals surface area contributed by atoms with Crippen molar-refractivity contribution in [1.29, 1.82) is 5.26 Å². The summed E-state index contributed by atoms with van der Waals surface area (Å²) in [5, 5.41) is 18.0. The second kappa shape index (κ2) is 8.31. The lowest BCUT2D eigenvalue weighted by atomic mass is 10.0. The van der Waals surface area contributed by atoms with Crippen LogP contribution >= 0.6 is 0 Å². The highest BCUT2D eigenvalue weighted by molar-refractivity contribution is 5.70. The van der Waals surface area contributed by atoms with Crippen LogP contribution in [0.3, 0.4) is 0 Å². The molecule has 0 saturated carbocycles. The van der Waals surface area contributed by atoms with E-state index >= 15 is 0 Å². The zero-order chi connectivity index (χ0) is 22.1. The van der Waals surface area contributed by atoms with E-state index in [1.54, 1.807) is 17.0 Å². The first-order chi connectivity index (χ1) is 14.1. The number of hydrogen-bond donors (Lipinski definition) is 0. The molecule has 7 nitrogen and oxygen atoms in total. The van der Waals surface area contributed by atoms with Crippen LogP contribution in [0.4, 0.5) is 10.6 Å². The molecular formula is C23H29N5O2. The van der Waals surface area contributed by atoms with Crippen molar-refractivity contribution >= 4 is 11.9 Å². The molecule has 1 amide bonds. The molecule has 1 aromatic heterocycles. The highest BCUT2D eigenvalue weighted by Gasteiger charge is 2.32. The fourth-order valence-corrected chi connectivity index (χ4v) is 3.61. The number of piperazine rings is 1. The Kier molecular flexibility index (Phi) is 5.97. The van der Waals surface area contributed by atoms with E-state index in [1.165, 1.54) is 0 Å². The van der Waals surface area contributed by atoms with Gasteiger partial charge in [0, 0.05) is 31.2 Å². The predicted octanol–water partition coefficient (Wildman–Crippen LogP) is 4.08. The smallest absolute Gasteiger partial charge is 0.410 e. The Morgan fingerprint density at radius 3 is 2.37 bits per heavy atom. The summed E-state index contributed by atoms with van der Waals surface area (Å²) in [6, 6.07) is 9.52. The normalized spacial score (nSPS) is 16.9. The lowest BCUT2D eigenvalue weighted by Gasteiger charge is -2.41. The maximum Gasteiger partial charge on any atom is 0.410 e. The average molecular weight is 408 g/mol. The highest BCUT2D eigenvalue weighted by Crippen LogP contribution is 2.29. The SMILES string of the molecule is Cc1c(-c2ccc(C#N)cc2)nnc(N2CCN(C(=O)OC(C)(C)C)C(C)C2)c1C. The third-order valence-electron chi connectivity index (χ3n) is 5.34. The summed E-state index contributed by atoms with van der Waals surface area (Å²) in [5.41, 5.74) is 4.01. The Hall–Kier alpha value is -3.14. The molecule has 1 unspecified atom stereocenters. The number of carbonyl (C=O) groups is 1. The monoisotopic (exact) mass is 407 g/mol. The summed E-state index contributed by atoms with van der Waals surface area (Å²) in [6.07, 6.45) is -0.273. The van der Waals surface area contributed by atoms with Crippen molar-refractivity contribution in [1.82, 2.24) is 15.1 Å². The van der Waals surface area contributed by atoms with Gasteiger partial charge in [0.1, 0.15) is 5.60 Å². The Labute approximate surface area is 178 Å². The van der Waals surface area contributed by atoms with E-state index < -0.39 is 5.60 Å². The lowest BCUT2D eigenvalue weighted by Crippen LogP contribution is -2.55. The number of rotatable bonds is 2. The van der Waals surface area contributed by atoms with E-state index in [-0.39, 0.29) is 12.1 Å². The van der Waals surface area contributed by atoms with Gasteiger partial charge in [0.05, 0.1) is 17.3 Å². The fourth-order valence-electron chi connectivity index (χ4n) is 3.61. The lowest BCUT2D eigenvalue weighted by molar-refractivity contribution is 0.0158. The summed E-state index contributed by atoms with van der Waals surface area (Å²) in [6.45, 7) is 13.7. The number of aromatic nitrogens is 2. The molecule has 1 fully saturated rings. The van der Waals surface area contributed by atoms with Gasteiger partial charge in [-0.05, 0) is 64.8 Å². The van der Waals surface area contributed by atoms with Gasteiger partial charge in [-0.1, -0.05) is 12.1 Å². The number of nitriles is 1. The molecule has 1 aromatic carbocycles. The number of ether oxygens (including phenoxy) is 1. The predicted molar refractivity (Wildman–Crippen MR) is 116 cm³/mol. The molecule has 2 heterocycles. The van der Waals surface area contributed by atoms with E-state index in [2.05, 4.69) is 28.1 Å². The minimum atomic E-state index is -0.506. The van der Waals surface area contributed by atoms with Crippen molar-refractivity contribution in [2.24, 2.45) is 0 Å². The van der Waals surface area contributed by atoms with Crippen molar-refractivity contribution in [3.63, 3.8) is 0 Å². The number of amides is 1. The van der Waals surface area contributed by atoms with E-state index in [0.29, 0.717) is 25.2 Å². The van der Waals surface area contributed by atoms with Crippen LogP contribution in [0.25, 0.3) is 11.3 Å². The molecule has 1 aliphatic rings. The van der Waals surface area contributed by atoms with Crippen LogP contribution in [0.15, 0.2) is 24.3 Å². The molecule has 30 heavy (non-hydrogen) atoms. The number of benzene rings is 1. The summed E-state index contributed by atoms with van der Waals surface area (Å²) >= 11 is 0. The molecule has 0 radical (unpaired) electrons. The number of carbonyl (C=O) groups excluding carboxylic acids is 1. The molecule has 0 spiro atoms. The minimum absolute atomic E-state index is 0.00769. The molecule has 158 valence electrons. The maximum absolute atomic E-state index is 12.5. The van der Waals surface area contributed by atoms with Crippen molar-refractivity contribution in [2.45, 2.75) is 53.2 Å². The summed E-state index contributed by atoms with van der Waals surface area (Å²) in [7, 11) is 0. The van der Waals surface area contributed by atoms with Gasteiger partial charge in [-0.3, -0.25) is 0 Å². The van der Waals surface area contributed by atoms with Crippen LogP contribution in [0, 0.1) is 25.2 Å². The van der Waals surface area contributed by atoms with Crippen LogP contribution in [0.5, 0.6) is 0 Å². The van der Waals surface area contributed by atoms with Gasteiger partial charge in [-0.2, -0.15) is 5.26 Å². The van der Waals surface area contributed by atoms with Crippen LogP contribution in [-0.2, 0) is 4.74 Å². The molecule has 0 N–H and O–H groups in total. The zero-order valence-corrected chi connectivity index (χ0v) is 18.6. The topological polar surface area (TPSA) is 82.4 Å². The van der Waals surface area contributed by atoms with E-state index in [9.17, 15) is 4.79 Å². The second-order valence-corrected chi connectivity index (χ2v) is 8.78. The molecule has 1 aliphatic heterocycles. The quantitative estimate of drug-likeness (QED) is 0.746. The van der Waals surface area contributed by atoms with Crippen molar-refractivity contribution < 1.29 is 9.53 Å². The average Bonchev–Trinajstić information content (AvgIpc) is 2.68. The van der Waals surface area contributed by atoms with Crippen molar-refractivity contribution in [2.75, 3.05) is 24.5 Å². The Balaban J connectivity index is 1.78. The van der Waals surface area contributed by atoms with Crippen LogP contribution < -0.4 is 4.90 Å². The van der Waals surface area contributed by atoms with Crippen LogP contribution in [-0.4, -0.2) is 52.5 Å². The summed E-state index contributed by atoms with van der Waals surface area (Å²) in [5.74, 6) is 0.848. The third kappa shape index (κ3) is 4.54. The van der Waals surface area contributed by atoms with Crippen LogP contribution in [0.2, 0.25) is 0 Å². The van der Waals surface area contributed by atoms with Crippen LogP contribution in [0.1, 0.15) is 44.4 Å². The largest absolute Gasteiger partial charge is 0.444 e. The minimum Gasteiger partial charge on any atom is -0.444 e. The van der Waals surface area contributed by atoms with Crippen molar-refractivity contribution in [3.05, 3.63) is 41.0 Å². The first-order valence-corrected chi connectivity index (χ1v) is 10.2. The molecule has 2 aromatic rings. The molecular weight excluding hydrogens is 378 g/mol. The van der Waals surface area contributed by atoms with Gasteiger partial charge in [-0.15, -0.1) is 10.2 Å². The van der Waals surface area contributed by atoms with Gasteiger partial charge < -0.3 is 14.5 Å². The number of hydrogen-bond acceptors (Lipinski definition) is 6. The van der Waals surface area contributed by atoms with E-state index in [0.717, 1.165) is 28.2 Å². The van der Waals surface area contributed by atoms with Gasteiger partial charge in [-0.25, -0.2) is 4.79 Å². The van der Waals surface area contributed by atoms with Gasteiger partial charge >= 0.3 is 6.09 Å². The molecule has 3 rings (SSSR count). The Morgan fingerprint density at radius 1 is 1.13 bits per heavy atom. The van der Waals surface area contributed by atoms with Gasteiger partial charge in [0.25, 0.3) is 0 Å². The third-order valence-corrected chi connectivity index (χ3v) is 5.34. The number of anilines is 1. The first kappa shape index (κ1) is 21.6. The Bertz CT molecular complexity index is 973. The summed E-state index contributed by atoms with van der Waals surface area (Å²) < 4.78 is 5.53. The van der Waals surface area contributed by atoms with Gasteiger partial charge in [0.2, 0.25) is 0 Å². The van der Waals surface area contributed by atoms with Crippen molar-refractivity contribution in [3.8, 4) is 17.3 Å². The first-order valence-electron chi connectivity index (χ1n) is 10.2. The Morgan fingerprint density at radius 2 is 1.80 bits per heavy atom. The zero-order valence-electron chi connectivity index (χ0n) is 18.6. The molecule has 0 bridgehead atoms. The van der Waals surface area contributed by atoms with Gasteiger partial charge in [0.15, 0.2) is 5.82 Å². The molecule has 0 aliphatic carbocycles. The van der Waals surface area contributed by atoms with E-state index in [4.69, 9.17) is 10.00 Å². The standard InChI is InChI=1S/C23H29N5O2/c1-15-14-27(11-12-28(15)22(29)30-23(4,5)6)21-17(3)16(2)20(25-26-21)19-9-7-18(13-24)8-10-19/h7-10,15H,11-12,14H2,1-6H3.